The van der Waals surface area contributed by atoms with Crippen LogP contribution in [0.25, 0.3) is 0 Å². The molecule has 2 aromatic carbocycles. The van der Waals surface area contributed by atoms with E-state index in [0.29, 0.717) is 18.5 Å². The van der Waals surface area contributed by atoms with Gasteiger partial charge in [-0.2, -0.15) is 0 Å². The molecule has 1 saturated heterocycles. The van der Waals surface area contributed by atoms with Crippen molar-refractivity contribution in [2.24, 2.45) is 11.8 Å². The molecule has 3 atom stereocenters. The number of rotatable bonds is 7. The van der Waals surface area contributed by atoms with E-state index < -0.39 is 36.4 Å². The SMILES string of the molecule is O=C(COC(=O)[C@H](Cc1ccccc1)N1C(=O)[C@H]2CC=CC[C@H]2C1=O)Nc1ccc(Br)cc1. The Bertz CT molecular complexity index is 1060. The van der Waals surface area contributed by atoms with Crippen LogP contribution >= 0.6 is 15.9 Å². The minimum atomic E-state index is -1.13. The van der Waals surface area contributed by atoms with Gasteiger partial charge in [-0.05, 0) is 42.7 Å². The van der Waals surface area contributed by atoms with Gasteiger partial charge in [-0.25, -0.2) is 4.79 Å². The summed E-state index contributed by atoms with van der Waals surface area (Å²) in [4.78, 5) is 52.6. The highest BCUT2D eigenvalue weighted by Gasteiger charge is 2.51. The molecule has 3 amide bonds. The monoisotopic (exact) mass is 510 g/mol. The molecular formula is C25H23BrN2O5. The lowest BCUT2D eigenvalue weighted by molar-refractivity contribution is -0.159. The summed E-state index contributed by atoms with van der Waals surface area (Å²) in [5.41, 5.74) is 1.34. The van der Waals surface area contributed by atoms with Gasteiger partial charge < -0.3 is 10.1 Å². The first-order chi connectivity index (χ1) is 15.9. The summed E-state index contributed by atoms with van der Waals surface area (Å²) >= 11 is 3.32. The third kappa shape index (κ3) is 5.22. The summed E-state index contributed by atoms with van der Waals surface area (Å²) in [5.74, 6) is -2.90. The second kappa shape index (κ2) is 10.1. The number of amides is 3. The van der Waals surface area contributed by atoms with Crippen molar-refractivity contribution in [1.82, 2.24) is 4.90 Å². The number of anilines is 1. The standard InChI is InChI=1S/C25H23BrN2O5/c26-17-10-12-18(13-11-17)27-22(29)15-33-25(32)21(14-16-6-2-1-3-7-16)28-23(30)19-8-4-5-9-20(19)24(28)31/h1-7,10-13,19-21H,8-9,14-15H2,(H,27,29)/t19-,20+,21-/m0/s1. The van der Waals surface area contributed by atoms with E-state index in [9.17, 15) is 19.2 Å². The van der Waals surface area contributed by atoms with Crippen LogP contribution in [0.1, 0.15) is 18.4 Å². The molecule has 1 N–H and O–H groups in total. The maximum absolute atomic E-state index is 13.1. The van der Waals surface area contributed by atoms with Crippen LogP contribution in [0.4, 0.5) is 5.69 Å². The van der Waals surface area contributed by atoms with Crippen LogP contribution in [0.2, 0.25) is 0 Å². The number of imide groups is 1. The second-order valence-corrected chi connectivity index (χ2v) is 8.99. The predicted octanol–water partition coefficient (Wildman–Crippen LogP) is 3.49. The second-order valence-electron chi connectivity index (χ2n) is 8.07. The maximum atomic E-state index is 13.1. The Kier molecular flexibility index (Phi) is 7.03. The predicted molar refractivity (Wildman–Crippen MR) is 125 cm³/mol. The molecule has 1 heterocycles. The highest BCUT2D eigenvalue weighted by molar-refractivity contribution is 9.10. The zero-order chi connectivity index (χ0) is 23.4. The third-order valence-electron chi connectivity index (χ3n) is 5.87. The van der Waals surface area contributed by atoms with Crippen molar-refractivity contribution < 1.29 is 23.9 Å². The Balaban J connectivity index is 1.48. The number of fused-ring (bicyclic) bond motifs is 1. The van der Waals surface area contributed by atoms with Crippen LogP contribution in [0.5, 0.6) is 0 Å². The number of likely N-dealkylation sites (tertiary alicyclic amines) is 1. The molecule has 2 aromatic rings. The van der Waals surface area contributed by atoms with Gasteiger partial charge in [0.05, 0.1) is 11.8 Å². The van der Waals surface area contributed by atoms with Crippen LogP contribution in [0.3, 0.4) is 0 Å². The summed E-state index contributed by atoms with van der Waals surface area (Å²) in [7, 11) is 0. The summed E-state index contributed by atoms with van der Waals surface area (Å²) in [6.07, 6.45) is 4.88. The largest absolute Gasteiger partial charge is 0.454 e. The number of carbonyl (C=O) groups is 4. The van der Waals surface area contributed by atoms with Crippen LogP contribution in [0.15, 0.2) is 71.2 Å². The van der Waals surface area contributed by atoms with Crippen molar-refractivity contribution in [2.75, 3.05) is 11.9 Å². The fourth-order valence-corrected chi connectivity index (χ4v) is 4.48. The first-order valence-electron chi connectivity index (χ1n) is 10.7. The molecule has 0 spiro atoms. The highest BCUT2D eigenvalue weighted by Crippen LogP contribution is 2.36. The minimum absolute atomic E-state index is 0.123. The first kappa shape index (κ1) is 22.9. The van der Waals surface area contributed by atoms with Crippen molar-refractivity contribution in [3.63, 3.8) is 0 Å². The summed E-state index contributed by atoms with van der Waals surface area (Å²) in [5, 5.41) is 2.65. The van der Waals surface area contributed by atoms with Gasteiger partial charge in [-0.15, -0.1) is 0 Å². The molecule has 7 nitrogen and oxygen atoms in total. The Hall–Kier alpha value is -3.26. The van der Waals surface area contributed by atoms with Gasteiger partial charge in [0.25, 0.3) is 5.91 Å². The summed E-state index contributed by atoms with van der Waals surface area (Å²) < 4.78 is 6.14. The Morgan fingerprint density at radius 3 is 2.18 bits per heavy atom. The molecule has 4 rings (SSSR count). The van der Waals surface area contributed by atoms with Gasteiger partial charge in [0.15, 0.2) is 6.61 Å². The zero-order valence-electron chi connectivity index (χ0n) is 17.8. The lowest BCUT2D eigenvalue weighted by Gasteiger charge is -2.25. The molecule has 0 bridgehead atoms. The molecule has 1 aliphatic heterocycles. The normalized spacial score (nSPS) is 20.3. The molecule has 170 valence electrons. The van der Waals surface area contributed by atoms with Gasteiger partial charge >= 0.3 is 5.97 Å². The van der Waals surface area contributed by atoms with E-state index in [0.717, 1.165) is 14.9 Å². The number of hydrogen-bond acceptors (Lipinski definition) is 5. The summed E-state index contributed by atoms with van der Waals surface area (Å²) in [6.45, 7) is -0.523. The topological polar surface area (TPSA) is 92.8 Å². The average Bonchev–Trinajstić information content (AvgIpc) is 3.08. The minimum Gasteiger partial charge on any atom is -0.454 e. The van der Waals surface area contributed by atoms with Gasteiger partial charge in [-0.1, -0.05) is 58.4 Å². The Morgan fingerprint density at radius 1 is 0.970 bits per heavy atom. The van der Waals surface area contributed by atoms with E-state index in [4.69, 9.17) is 4.74 Å². The van der Waals surface area contributed by atoms with Crippen LogP contribution in [-0.4, -0.2) is 41.2 Å². The Morgan fingerprint density at radius 2 is 1.58 bits per heavy atom. The van der Waals surface area contributed by atoms with Gasteiger partial charge in [-0.3, -0.25) is 19.3 Å². The zero-order valence-corrected chi connectivity index (χ0v) is 19.4. The van der Waals surface area contributed by atoms with Gasteiger partial charge in [0.1, 0.15) is 6.04 Å². The number of nitrogens with one attached hydrogen (secondary N) is 1. The molecule has 2 aliphatic rings. The van der Waals surface area contributed by atoms with E-state index in [1.54, 1.807) is 24.3 Å². The molecule has 0 saturated carbocycles. The number of nitrogens with zero attached hydrogens (tertiary/aromatic N) is 1. The molecule has 0 aromatic heterocycles. The van der Waals surface area contributed by atoms with Crippen LogP contribution in [-0.2, 0) is 30.3 Å². The molecule has 1 aliphatic carbocycles. The quantitative estimate of drug-likeness (QED) is 0.349. The van der Waals surface area contributed by atoms with Crippen molar-refractivity contribution >= 4 is 45.3 Å². The lowest BCUT2D eigenvalue weighted by Crippen LogP contribution is -2.48. The van der Waals surface area contributed by atoms with Crippen molar-refractivity contribution in [2.45, 2.75) is 25.3 Å². The molecule has 0 unspecified atom stereocenters. The van der Waals surface area contributed by atoms with Crippen molar-refractivity contribution in [3.05, 3.63) is 76.8 Å². The first-order valence-corrected chi connectivity index (χ1v) is 11.5. The van der Waals surface area contributed by atoms with Crippen LogP contribution < -0.4 is 5.32 Å². The third-order valence-corrected chi connectivity index (χ3v) is 6.40. The fraction of sp³-hybridized carbons (Fsp3) is 0.280. The van der Waals surface area contributed by atoms with E-state index in [1.165, 1.54) is 0 Å². The maximum Gasteiger partial charge on any atom is 0.330 e. The van der Waals surface area contributed by atoms with Gasteiger partial charge in [0.2, 0.25) is 11.8 Å². The number of hydrogen-bond donors (Lipinski definition) is 1. The highest BCUT2D eigenvalue weighted by atomic mass is 79.9. The number of allylic oxidation sites excluding steroid dienone is 2. The molecule has 1 fully saturated rings. The van der Waals surface area contributed by atoms with Crippen molar-refractivity contribution in [3.8, 4) is 0 Å². The Labute approximate surface area is 199 Å². The van der Waals surface area contributed by atoms with E-state index in [2.05, 4.69) is 21.2 Å². The lowest BCUT2D eigenvalue weighted by atomic mass is 9.85. The van der Waals surface area contributed by atoms with Crippen molar-refractivity contribution in [1.29, 1.82) is 0 Å². The van der Waals surface area contributed by atoms with E-state index in [1.807, 2.05) is 42.5 Å². The number of halogens is 1. The fourth-order valence-electron chi connectivity index (χ4n) is 4.21. The molecule has 33 heavy (non-hydrogen) atoms. The number of esters is 1. The van der Waals surface area contributed by atoms with E-state index in [-0.39, 0.29) is 18.2 Å². The molecular weight excluding hydrogens is 488 g/mol. The molecule has 8 heteroatoms. The summed E-state index contributed by atoms with van der Waals surface area (Å²) in [6, 6.07) is 15.0. The molecule has 0 radical (unpaired) electrons. The number of benzene rings is 2. The van der Waals surface area contributed by atoms with Gasteiger partial charge in [0, 0.05) is 16.6 Å². The number of ether oxygens (including phenoxy) is 1. The average molecular weight is 511 g/mol. The number of carbonyl (C=O) groups excluding carboxylic acids is 4. The smallest absolute Gasteiger partial charge is 0.330 e. The van der Waals surface area contributed by atoms with Crippen LogP contribution in [0, 0.1) is 11.8 Å². The van der Waals surface area contributed by atoms with E-state index >= 15 is 0 Å².